The van der Waals surface area contributed by atoms with Crippen molar-refractivity contribution in [3.63, 3.8) is 0 Å². The molecule has 0 atom stereocenters. The highest BCUT2D eigenvalue weighted by molar-refractivity contribution is 5.79. The molecule has 2 N–H and O–H groups in total. The normalized spacial score (nSPS) is 23.2. The van der Waals surface area contributed by atoms with E-state index < -0.39 is 0 Å². The molecule has 1 saturated carbocycles. The predicted molar refractivity (Wildman–Crippen MR) is 61.9 cm³/mol. The maximum Gasteiger partial charge on any atom is 0.225 e. The van der Waals surface area contributed by atoms with Crippen LogP contribution in [0.25, 0.3) is 0 Å². The van der Waals surface area contributed by atoms with Crippen LogP contribution >= 0.6 is 0 Å². The minimum atomic E-state index is 0.314. The first-order chi connectivity index (χ1) is 7.81. The van der Waals surface area contributed by atoms with Gasteiger partial charge in [0.15, 0.2) is 0 Å². The quantitative estimate of drug-likeness (QED) is 0.769. The highest BCUT2D eigenvalue weighted by atomic mass is 16.5. The molecule has 0 bridgehead atoms. The van der Waals surface area contributed by atoms with Crippen LogP contribution in [0.2, 0.25) is 0 Å². The van der Waals surface area contributed by atoms with Crippen LogP contribution in [0.4, 0.5) is 0 Å². The number of carbonyl (C=O) groups is 1. The van der Waals surface area contributed by atoms with Crippen LogP contribution < -0.4 is 5.73 Å². The second kappa shape index (κ2) is 5.64. The number of ether oxygens (including phenoxy) is 1. The summed E-state index contributed by atoms with van der Waals surface area (Å²) in [6.07, 6.45) is 5.68. The molecular formula is C12H22N2O2. The number of amides is 1. The number of carbonyl (C=O) groups excluding carboxylic acids is 1. The highest BCUT2D eigenvalue weighted by Crippen LogP contribution is 2.29. The van der Waals surface area contributed by atoms with Gasteiger partial charge in [0.1, 0.15) is 0 Å². The SMILES string of the molecule is NCCOC1CCN(C(=O)C2CCC2)CC1. The van der Waals surface area contributed by atoms with Gasteiger partial charge in [0, 0.05) is 25.6 Å². The van der Waals surface area contributed by atoms with Crippen molar-refractivity contribution in [1.82, 2.24) is 4.90 Å². The topological polar surface area (TPSA) is 55.6 Å². The molecule has 0 spiro atoms. The number of nitrogens with two attached hydrogens (primary N) is 1. The van der Waals surface area contributed by atoms with Crippen molar-refractivity contribution in [1.29, 1.82) is 0 Å². The van der Waals surface area contributed by atoms with E-state index in [1.54, 1.807) is 0 Å². The molecule has 2 fully saturated rings. The van der Waals surface area contributed by atoms with E-state index in [0.717, 1.165) is 38.8 Å². The third-order valence-corrected chi connectivity index (χ3v) is 3.68. The van der Waals surface area contributed by atoms with Gasteiger partial charge in [-0.15, -0.1) is 0 Å². The molecule has 2 rings (SSSR count). The summed E-state index contributed by atoms with van der Waals surface area (Å²) in [6.45, 7) is 2.96. The lowest BCUT2D eigenvalue weighted by molar-refractivity contribution is -0.140. The van der Waals surface area contributed by atoms with Gasteiger partial charge in [0.05, 0.1) is 12.7 Å². The minimum absolute atomic E-state index is 0.314. The van der Waals surface area contributed by atoms with Crippen molar-refractivity contribution >= 4 is 5.91 Å². The maximum atomic E-state index is 12.0. The van der Waals surface area contributed by atoms with Crippen LogP contribution in [-0.4, -0.2) is 43.2 Å². The second-order valence-corrected chi connectivity index (χ2v) is 4.81. The molecule has 16 heavy (non-hydrogen) atoms. The third-order valence-electron chi connectivity index (χ3n) is 3.68. The number of hydrogen-bond donors (Lipinski definition) is 1. The first-order valence-corrected chi connectivity index (χ1v) is 6.41. The van der Waals surface area contributed by atoms with E-state index >= 15 is 0 Å². The zero-order valence-corrected chi connectivity index (χ0v) is 9.86. The zero-order valence-electron chi connectivity index (χ0n) is 9.86. The van der Waals surface area contributed by atoms with Crippen molar-refractivity contribution in [2.75, 3.05) is 26.2 Å². The lowest BCUT2D eigenvalue weighted by Crippen LogP contribution is -2.45. The molecule has 4 nitrogen and oxygen atoms in total. The summed E-state index contributed by atoms with van der Waals surface area (Å²) < 4.78 is 5.60. The van der Waals surface area contributed by atoms with E-state index in [-0.39, 0.29) is 0 Å². The van der Waals surface area contributed by atoms with E-state index in [0.29, 0.717) is 31.1 Å². The average molecular weight is 226 g/mol. The Morgan fingerprint density at radius 2 is 1.94 bits per heavy atom. The summed E-state index contributed by atoms with van der Waals surface area (Å²) in [7, 11) is 0. The predicted octanol–water partition coefficient (Wildman–Crippen LogP) is 0.753. The first kappa shape index (κ1) is 11.9. The maximum absolute atomic E-state index is 12.0. The molecule has 0 aromatic rings. The number of rotatable bonds is 4. The second-order valence-electron chi connectivity index (χ2n) is 4.81. The van der Waals surface area contributed by atoms with Crippen molar-refractivity contribution < 1.29 is 9.53 Å². The molecule has 4 heteroatoms. The molecule has 0 radical (unpaired) electrons. The van der Waals surface area contributed by atoms with E-state index in [1.807, 2.05) is 4.90 Å². The fourth-order valence-corrected chi connectivity index (χ4v) is 2.39. The molecule has 1 aliphatic carbocycles. The number of nitrogens with zero attached hydrogens (tertiary/aromatic N) is 1. The monoisotopic (exact) mass is 226 g/mol. The van der Waals surface area contributed by atoms with Gasteiger partial charge in [-0.2, -0.15) is 0 Å². The molecule has 1 heterocycles. The fraction of sp³-hybridized carbons (Fsp3) is 0.917. The van der Waals surface area contributed by atoms with Gasteiger partial charge in [-0.1, -0.05) is 6.42 Å². The van der Waals surface area contributed by atoms with Gasteiger partial charge in [-0.3, -0.25) is 4.79 Å². The minimum Gasteiger partial charge on any atom is -0.377 e. The summed E-state index contributed by atoms with van der Waals surface area (Å²) in [5, 5.41) is 0. The van der Waals surface area contributed by atoms with Crippen LogP contribution in [0.3, 0.4) is 0 Å². The number of piperidine rings is 1. The lowest BCUT2D eigenvalue weighted by Gasteiger charge is -2.36. The number of hydrogen-bond acceptors (Lipinski definition) is 3. The third kappa shape index (κ3) is 2.74. The Labute approximate surface area is 97.1 Å². The Morgan fingerprint density at radius 3 is 2.44 bits per heavy atom. The summed E-state index contributed by atoms with van der Waals surface area (Å²) in [6, 6.07) is 0. The number of likely N-dealkylation sites (tertiary alicyclic amines) is 1. The van der Waals surface area contributed by atoms with Gasteiger partial charge >= 0.3 is 0 Å². The molecule has 2 aliphatic rings. The fourth-order valence-electron chi connectivity index (χ4n) is 2.39. The van der Waals surface area contributed by atoms with Crippen LogP contribution in [-0.2, 0) is 9.53 Å². The van der Waals surface area contributed by atoms with Crippen LogP contribution in [0.5, 0.6) is 0 Å². The Bertz CT molecular complexity index is 233. The van der Waals surface area contributed by atoms with Crippen molar-refractivity contribution in [2.24, 2.45) is 11.7 Å². The van der Waals surface area contributed by atoms with Crippen LogP contribution in [0.1, 0.15) is 32.1 Å². The largest absolute Gasteiger partial charge is 0.377 e. The highest BCUT2D eigenvalue weighted by Gasteiger charge is 2.31. The smallest absolute Gasteiger partial charge is 0.225 e. The van der Waals surface area contributed by atoms with E-state index in [4.69, 9.17) is 10.5 Å². The molecule has 1 aliphatic heterocycles. The van der Waals surface area contributed by atoms with Gasteiger partial charge in [-0.25, -0.2) is 0 Å². The first-order valence-electron chi connectivity index (χ1n) is 6.41. The van der Waals surface area contributed by atoms with Gasteiger partial charge in [0.25, 0.3) is 0 Å². The van der Waals surface area contributed by atoms with Gasteiger partial charge in [-0.05, 0) is 25.7 Å². The molecule has 1 saturated heterocycles. The Morgan fingerprint density at radius 1 is 1.25 bits per heavy atom. The molecular weight excluding hydrogens is 204 g/mol. The molecule has 0 unspecified atom stereocenters. The van der Waals surface area contributed by atoms with E-state index in [9.17, 15) is 4.79 Å². The zero-order chi connectivity index (χ0) is 11.4. The Hall–Kier alpha value is -0.610. The summed E-state index contributed by atoms with van der Waals surface area (Å²) in [5.41, 5.74) is 5.40. The average Bonchev–Trinajstić information content (AvgIpc) is 2.24. The van der Waals surface area contributed by atoms with E-state index in [1.165, 1.54) is 6.42 Å². The van der Waals surface area contributed by atoms with Crippen LogP contribution in [0, 0.1) is 5.92 Å². The van der Waals surface area contributed by atoms with Gasteiger partial charge in [0.2, 0.25) is 5.91 Å². The summed E-state index contributed by atoms with van der Waals surface area (Å²) in [5.74, 6) is 0.713. The molecule has 1 amide bonds. The summed E-state index contributed by atoms with van der Waals surface area (Å²) >= 11 is 0. The van der Waals surface area contributed by atoms with Crippen molar-refractivity contribution in [2.45, 2.75) is 38.2 Å². The molecule has 92 valence electrons. The lowest BCUT2D eigenvalue weighted by atomic mass is 9.84. The van der Waals surface area contributed by atoms with E-state index in [2.05, 4.69) is 0 Å². The standard InChI is InChI=1S/C12H22N2O2/c13-6-9-16-11-4-7-14(8-5-11)12(15)10-2-1-3-10/h10-11H,1-9,13H2. The molecule has 0 aromatic carbocycles. The Kier molecular flexibility index (Phi) is 4.18. The Balaban J connectivity index is 1.69. The van der Waals surface area contributed by atoms with Crippen molar-refractivity contribution in [3.05, 3.63) is 0 Å². The molecule has 0 aromatic heterocycles. The van der Waals surface area contributed by atoms with Gasteiger partial charge < -0.3 is 15.4 Å². The summed E-state index contributed by atoms with van der Waals surface area (Å²) in [4.78, 5) is 14.0. The van der Waals surface area contributed by atoms with Crippen molar-refractivity contribution in [3.8, 4) is 0 Å². The van der Waals surface area contributed by atoms with Crippen LogP contribution in [0.15, 0.2) is 0 Å².